The van der Waals surface area contributed by atoms with E-state index in [2.05, 4.69) is 11.8 Å². The van der Waals surface area contributed by atoms with Crippen molar-refractivity contribution in [3.8, 4) is 0 Å². The number of hydrogen-bond acceptors (Lipinski definition) is 4. The summed E-state index contributed by atoms with van der Waals surface area (Å²) < 4.78 is 22.5. The average Bonchev–Trinajstić information content (AvgIpc) is 2.45. The molecule has 84 valence electrons. The van der Waals surface area contributed by atoms with E-state index in [0.29, 0.717) is 24.1 Å². The quantitative estimate of drug-likeness (QED) is 0.715. The fraction of sp³-hybridized carbons (Fsp3) is 1.00. The molecule has 0 spiro atoms. The molecule has 5 heteroatoms. The maximum absolute atomic E-state index is 11.3. The summed E-state index contributed by atoms with van der Waals surface area (Å²) in [6.07, 6.45) is 1.70. The second-order valence-corrected chi connectivity index (χ2v) is 6.38. The Morgan fingerprint density at radius 2 is 2.21 bits per heavy atom. The Hall–Kier alpha value is -0.130. The van der Waals surface area contributed by atoms with Crippen LogP contribution < -0.4 is 5.73 Å². The van der Waals surface area contributed by atoms with E-state index in [1.54, 1.807) is 0 Å². The molecule has 0 bridgehead atoms. The Bertz CT molecular complexity index is 277. The minimum atomic E-state index is -2.76. The summed E-state index contributed by atoms with van der Waals surface area (Å²) in [5.74, 6) is 0.662. The number of rotatable bonds is 4. The molecular weight excluding hydrogens is 200 g/mol. The third kappa shape index (κ3) is 2.93. The summed E-state index contributed by atoms with van der Waals surface area (Å²) >= 11 is 0. The van der Waals surface area contributed by atoms with Crippen molar-refractivity contribution >= 4 is 9.84 Å². The van der Waals surface area contributed by atoms with Crippen molar-refractivity contribution in [2.45, 2.75) is 31.8 Å². The van der Waals surface area contributed by atoms with Crippen molar-refractivity contribution in [2.24, 2.45) is 5.73 Å². The van der Waals surface area contributed by atoms with Gasteiger partial charge >= 0.3 is 0 Å². The fourth-order valence-corrected chi connectivity index (χ4v) is 3.69. The number of sulfone groups is 1. The third-order valence-electron chi connectivity index (χ3n) is 3.06. The molecule has 2 unspecified atom stereocenters. The molecule has 1 rings (SSSR count). The molecule has 1 aliphatic rings. The smallest absolute Gasteiger partial charge is 0.151 e. The van der Waals surface area contributed by atoms with Crippen LogP contribution in [-0.2, 0) is 9.84 Å². The van der Waals surface area contributed by atoms with E-state index in [4.69, 9.17) is 5.73 Å². The Morgan fingerprint density at radius 3 is 2.64 bits per heavy atom. The molecule has 0 aromatic carbocycles. The second-order valence-electron chi connectivity index (χ2n) is 4.15. The zero-order valence-corrected chi connectivity index (χ0v) is 9.76. The number of nitrogens with zero attached hydrogens (tertiary/aromatic N) is 1. The number of nitrogens with two attached hydrogens (primary N) is 1. The minimum absolute atomic E-state index is 0.196. The Morgan fingerprint density at radius 1 is 1.57 bits per heavy atom. The minimum Gasteiger partial charge on any atom is -0.330 e. The molecule has 0 radical (unpaired) electrons. The van der Waals surface area contributed by atoms with E-state index in [-0.39, 0.29) is 6.04 Å². The van der Waals surface area contributed by atoms with Crippen LogP contribution in [0.3, 0.4) is 0 Å². The van der Waals surface area contributed by atoms with Gasteiger partial charge < -0.3 is 5.73 Å². The lowest BCUT2D eigenvalue weighted by atomic mass is 10.1. The molecule has 0 aliphatic carbocycles. The monoisotopic (exact) mass is 220 g/mol. The molecule has 2 atom stereocenters. The van der Waals surface area contributed by atoms with Gasteiger partial charge in [-0.15, -0.1) is 0 Å². The maximum atomic E-state index is 11.3. The largest absolute Gasteiger partial charge is 0.330 e. The van der Waals surface area contributed by atoms with Crippen LogP contribution in [0.4, 0.5) is 0 Å². The van der Waals surface area contributed by atoms with Crippen LogP contribution in [0, 0.1) is 0 Å². The molecule has 1 heterocycles. The summed E-state index contributed by atoms with van der Waals surface area (Å²) in [7, 11) is -0.770. The van der Waals surface area contributed by atoms with Crippen LogP contribution in [0.1, 0.15) is 19.8 Å². The molecule has 1 saturated heterocycles. The van der Waals surface area contributed by atoms with Crippen LogP contribution in [0.15, 0.2) is 0 Å². The van der Waals surface area contributed by atoms with Crippen molar-refractivity contribution in [3.05, 3.63) is 0 Å². The molecule has 1 fully saturated rings. The second kappa shape index (κ2) is 4.59. The van der Waals surface area contributed by atoms with Crippen molar-refractivity contribution < 1.29 is 8.42 Å². The zero-order chi connectivity index (χ0) is 10.8. The summed E-state index contributed by atoms with van der Waals surface area (Å²) in [5.41, 5.74) is 5.47. The normalized spacial score (nSPS) is 28.1. The number of hydrogen-bond donors (Lipinski definition) is 1. The van der Waals surface area contributed by atoms with Crippen LogP contribution in [-0.4, -0.2) is 50.5 Å². The first-order valence-electron chi connectivity index (χ1n) is 5.08. The highest BCUT2D eigenvalue weighted by molar-refractivity contribution is 7.91. The Labute approximate surface area is 86.4 Å². The van der Waals surface area contributed by atoms with Crippen molar-refractivity contribution in [3.63, 3.8) is 0 Å². The predicted molar refractivity (Wildman–Crippen MR) is 58.0 cm³/mol. The predicted octanol–water partition coefficient (Wildman–Crippen LogP) is -0.157. The molecule has 0 amide bonds. The average molecular weight is 220 g/mol. The molecule has 0 saturated carbocycles. The van der Waals surface area contributed by atoms with Crippen LogP contribution in [0.2, 0.25) is 0 Å². The third-order valence-corrected chi connectivity index (χ3v) is 4.81. The SMILES string of the molecule is CC(CCN)N(C)C1CCS(=O)(=O)C1. The maximum Gasteiger partial charge on any atom is 0.151 e. The van der Waals surface area contributed by atoms with Gasteiger partial charge in [0.15, 0.2) is 9.84 Å². The summed E-state index contributed by atoms with van der Waals surface area (Å²) in [6.45, 7) is 2.75. The highest BCUT2D eigenvalue weighted by Crippen LogP contribution is 2.18. The Balaban J connectivity index is 2.50. The first kappa shape index (κ1) is 11.9. The lowest BCUT2D eigenvalue weighted by Crippen LogP contribution is -2.40. The van der Waals surface area contributed by atoms with Crippen LogP contribution in [0.5, 0.6) is 0 Å². The first-order chi connectivity index (χ1) is 6.46. The molecular formula is C9H20N2O2S. The van der Waals surface area contributed by atoms with Gasteiger partial charge in [0.25, 0.3) is 0 Å². The highest BCUT2D eigenvalue weighted by Gasteiger charge is 2.31. The van der Waals surface area contributed by atoms with Crippen LogP contribution in [0.25, 0.3) is 0 Å². The van der Waals surface area contributed by atoms with E-state index in [0.717, 1.165) is 12.8 Å². The van der Waals surface area contributed by atoms with Gasteiger partial charge in [-0.3, -0.25) is 4.90 Å². The van der Waals surface area contributed by atoms with Gasteiger partial charge in [-0.1, -0.05) is 0 Å². The standard InChI is InChI=1S/C9H20N2O2S/c1-8(3-5-10)11(2)9-4-6-14(12,13)7-9/h8-9H,3-7,10H2,1-2H3. The van der Waals surface area contributed by atoms with Gasteiger partial charge in [0, 0.05) is 12.1 Å². The molecule has 1 aliphatic heterocycles. The van der Waals surface area contributed by atoms with Gasteiger partial charge in [0.05, 0.1) is 11.5 Å². The summed E-state index contributed by atoms with van der Waals surface area (Å²) in [6, 6.07) is 0.569. The van der Waals surface area contributed by atoms with Gasteiger partial charge in [0.1, 0.15) is 0 Å². The molecule has 0 aromatic rings. The lowest BCUT2D eigenvalue weighted by Gasteiger charge is -2.29. The molecule has 2 N–H and O–H groups in total. The summed E-state index contributed by atoms with van der Waals surface area (Å²) in [4.78, 5) is 2.15. The van der Waals surface area contributed by atoms with Gasteiger partial charge in [-0.05, 0) is 33.4 Å². The Kier molecular flexibility index (Phi) is 3.92. The van der Waals surface area contributed by atoms with Crippen molar-refractivity contribution in [2.75, 3.05) is 25.1 Å². The van der Waals surface area contributed by atoms with E-state index in [1.165, 1.54) is 0 Å². The topological polar surface area (TPSA) is 63.4 Å². The van der Waals surface area contributed by atoms with E-state index in [9.17, 15) is 8.42 Å². The van der Waals surface area contributed by atoms with Crippen molar-refractivity contribution in [1.29, 1.82) is 0 Å². The van der Waals surface area contributed by atoms with Gasteiger partial charge in [0.2, 0.25) is 0 Å². The summed E-state index contributed by atoms with van der Waals surface area (Å²) in [5, 5.41) is 0. The van der Waals surface area contributed by atoms with Gasteiger partial charge in [-0.25, -0.2) is 8.42 Å². The first-order valence-corrected chi connectivity index (χ1v) is 6.91. The highest BCUT2D eigenvalue weighted by atomic mass is 32.2. The van der Waals surface area contributed by atoms with E-state index >= 15 is 0 Å². The molecule has 4 nitrogen and oxygen atoms in total. The van der Waals surface area contributed by atoms with E-state index in [1.807, 2.05) is 7.05 Å². The lowest BCUT2D eigenvalue weighted by molar-refractivity contribution is 0.192. The van der Waals surface area contributed by atoms with Crippen molar-refractivity contribution in [1.82, 2.24) is 4.90 Å². The molecule has 14 heavy (non-hydrogen) atoms. The van der Waals surface area contributed by atoms with E-state index < -0.39 is 9.84 Å². The molecule has 0 aromatic heterocycles. The zero-order valence-electron chi connectivity index (χ0n) is 8.94. The van der Waals surface area contributed by atoms with Gasteiger partial charge in [-0.2, -0.15) is 0 Å². The fourth-order valence-electron chi connectivity index (χ4n) is 1.90. The van der Waals surface area contributed by atoms with Crippen LogP contribution >= 0.6 is 0 Å².